The molecule has 0 bridgehead atoms. The molecule has 2 N–H and O–H groups in total. The highest BCUT2D eigenvalue weighted by atomic mass is 35.5. The molecule has 0 saturated heterocycles. The molecule has 1 rings (SSSR count). The zero-order valence-corrected chi connectivity index (χ0v) is 9.47. The highest BCUT2D eigenvalue weighted by molar-refractivity contribution is 6.35. The first-order chi connectivity index (χ1) is 7.04. The maximum Gasteiger partial charge on any atom is 0.353 e. The third kappa shape index (κ3) is 3.15. The van der Waals surface area contributed by atoms with E-state index >= 15 is 0 Å². The molecule has 1 aromatic carbocycles. The van der Waals surface area contributed by atoms with Gasteiger partial charge in [-0.1, -0.05) is 29.3 Å². The lowest BCUT2D eigenvalue weighted by Crippen LogP contribution is -2.12. The van der Waals surface area contributed by atoms with E-state index in [4.69, 9.17) is 28.9 Å². The van der Waals surface area contributed by atoms with Crippen molar-refractivity contribution in [1.29, 1.82) is 0 Å². The Kier molecular flexibility index (Phi) is 4.00. The van der Waals surface area contributed by atoms with Crippen LogP contribution in [0.2, 0.25) is 10.0 Å². The highest BCUT2D eigenvalue weighted by Crippen LogP contribution is 2.22. The van der Waals surface area contributed by atoms with Gasteiger partial charge in [-0.25, -0.2) is 4.79 Å². The molecule has 0 heterocycles. The van der Waals surface area contributed by atoms with Gasteiger partial charge in [0.2, 0.25) is 0 Å². The fourth-order valence-electron chi connectivity index (χ4n) is 0.963. The third-order valence-corrected chi connectivity index (χ3v) is 2.26. The van der Waals surface area contributed by atoms with Crippen LogP contribution in [0.25, 0.3) is 6.08 Å². The summed E-state index contributed by atoms with van der Waals surface area (Å²) >= 11 is 11.6. The number of benzene rings is 1. The lowest BCUT2D eigenvalue weighted by molar-refractivity contribution is -0.136. The summed E-state index contributed by atoms with van der Waals surface area (Å²) < 4.78 is 4.45. The number of ether oxygens (including phenoxy) is 1. The van der Waals surface area contributed by atoms with Gasteiger partial charge in [0, 0.05) is 10.0 Å². The summed E-state index contributed by atoms with van der Waals surface area (Å²) in [6, 6.07) is 4.89. The molecule has 5 heteroatoms. The van der Waals surface area contributed by atoms with Crippen molar-refractivity contribution in [1.82, 2.24) is 0 Å². The number of methoxy groups -OCH3 is 1. The molecule has 0 saturated carbocycles. The second-order valence-corrected chi connectivity index (χ2v) is 3.60. The van der Waals surface area contributed by atoms with Crippen LogP contribution in [0.3, 0.4) is 0 Å². The molecule has 0 spiro atoms. The molecule has 0 unspecified atom stereocenters. The van der Waals surface area contributed by atoms with Crippen LogP contribution < -0.4 is 5.73 Å². The van der Waals surface area contributed by atoms with Crippen LogP contribution in [0.4, 0.5) is 0 Å². The summed E-state index contributed by atoms with van der Waals surface area (Å²) in [5.74, 6) is -0.596. The Morgan fingerprint density at radius 1 is 1.47 bits per heavy atom. The molecule has 0 aromatic heterocycles. The largest absolute Gasteiger partial charge is 0.464 e. The fraction of sp³-hybridized carbons (Fsp3) is 0.100. The van der Waals surface area contributed by atoms with Crippen LogP contribution in [0.5, 0.6) is 0 Å². The van der Waals surface area contributed by atoms with Crippen LogP contribution in [-0.4, -0.2) is 13.1 Å². The molecule has 15 heavy (non-hydrogen) atoms. The Morgan fingerprint density at radius 3 is 2.67 bits per heavy atom. The standard InChI is InChI=1S/C10H9Cl2NO2/c1-15-10(14)9(13)4-6-2-3-7(11)5-8(6)12/h2-5H,13H2,1H3/b9-4-. The van der Waals surface area contributed by atoms with Crippen molar-refractivity contribution >= 4 is 35.2 Å². The summed E-state index contributed by atoms with van der Waals surface area (Å²) in [4.78, 5) is 11.0. The van der Waals surface area contributed by atoms with Crippen molar-refractivity contribution in [2.75, 3.05) is 7.11 Å². The second kappa shape index (κ2) is 5.05. The predicted molar refractivity (Wildman–Crippen MR) is 60.6 cm³/mol. The molecular formula is C10H9Cl2NO2. The van der Waals surface area contributed by atoms with E-state index in [9.17, 15) is 4.79 Å². The van der Waals surface area contributed by atoms with E-state index in [1.165, 1.54) is 13.2 Å². The average molecular weight is 246 g/mol. The fourth-order valence-corrected chi connectivity index (χ4v) is 1.43. The average Bonchev–Trinajstić information content (AvgIpc) is 2.20. The smallest absolute Gasteiger partial charge is 0.353 e. The molecule has 80 valence electrons. The molecular weight excluding hydrogens is 237 g/mol. The monoisotopic (exact) mass is 245 g/mol. The van der Waals surface area contributed by atoms with Gasteiger partial charge in [0.15, 0.2) is 0 Å². The Balaban J connectivity index is 3.03. The van der Waals surface area contributed by atoms with Crippen molar-refractivity contribution < 1.29 is 9.53 Å². The third-order valence-electron chi connectivity index (χ3n) is 1.69. The topological polar surface area (TPSA) is 52.3 Å². The molecule has 0 aliphatic rings. The molecule has 0 atom stereocenters. The Morgan fingerprint density at radius 2 is 2.13 bits per heavy atom. The lowest BCUT2D eigenvalue weighted by atomic mass is 10.2. The van der Waals surface area contributed by atoms with Gasteiger partial charge in [-0.2, -0.15) is 0 Å². The van der Waals surface area contributed by atoms with Crippen molar-refractivity contribution in [3.8, 4) is 0 Å². The van der Waals surface area contributed by atoms with E-state index in [-0.39, 0.29) is 5.70 Å². The Bertz CT molecular complexity index is 416. The van der Waals surface area contributed by atoms with Crippen LogP contribution in [0.1, 0.15) is 5.56 Å². The van der Waals surface area contributed by atoms with E-state index in [0.29, 0.717) is 15.6 Å². The van der Waals surface area contributed by atoms with Crippen molar-refractivity contribution in [2.24, 2.45) is 5.73 Å². The van der Waals surface area contributed by atoms with Gasteiger partial charge in [0.25, 0.3) is 0 Å². The first-order valence-electron chi connectivity index (χ1n) is 4.05. The highest BCUT2D eigenvalue weighted by Gasteiger charge is 2.06. The number of rotatable bonds is 2. The van der Waals surface area contributed by atoms with Gasteiger partial charge in [-0.15, -0.1) is 0 Å². The molecule has 0 amide bonds. The summed E-state index contributed by atoms with van der Waals surface area (Å²) in [7, 11) is 1.26. The van der Waals surface area contributed by atoms with Crippen LogP contribution in [-0.2, 0) is 9.53 Å². The first kappa shape index (κ1) is 11.9. The predicted octanol–water partition coefficient (Wildman–Crippen LogP) is 2.47. The van der Waals surface area contributed by atoms with Crippen LogP contribution in [0.15, 0.2) is 23.9 Å². The Labute approximate surface area is 97.4 Å². The number of hydrogen-bond acceptors (Lipinski definition) is 3. The lowest BCUT2D eigenvalue weighted by Gasteiger charge is -2.01. The number of hydrogen-bond donors (Lipinski definition) is 1. The summed E-state index contributed by atoms with van der Waals surface area (Å²) in [6.07, 6.45) is 1.44. The second-order valence-electron chi connectivity index (χ2n) is 2.76. The van der Waals surface area contributed by atoms with Gasteiger partial charge in [0.1, 0.15) is 5.70 Å². The SMILES string of the molecule is COC(=O)/C(N)=C/c1ccc(Cl)cc1Cl. The maximum absolute atomic E-state index is 11.0. The zero-order chi connectivity index (χ0) is 11.4. The molecule has 3 nitrogen and oxygen atoms in total. The van der Waals surface area contributed by atoms with Crippen molar-refractivity contribution in [2.45, 2.75) is 0 Å². The summed E-state index contributed by atoms with van der Waals surface area (Å²) in [5, 5.41) is 0.947. The molecule has 0 fully saturated rings. The number of carbonyl (C=O) groups excluding carboxylic acids is 1. The minimum absolute atomic E-state index is 0.0123. The van der Waals surface area contributed by atoms with Crippen LogP contribution >= 0.6 is 23.2 Å². The van der Waals surface area contributed by atoms with Gasteiger partial charge in [0.05, 0.1) is 7.11 Å². The minimum atomic E-state index is -0.596. The van der Waals surface area contributed by atoms with E-state index in [0.717, 1.165) is 0 Å². The summed E-state index contributed by atoms with van der Waals surface area (Å²) in [5.41, 5.74) is 6.06. The number of esters is 1. The quantitative estimate of drug-likeness (QED) is 0.644. The minimum Gasteiger partial charge on any atom is -0.464 e. The first-order valence-corrected chi connectivity index (χ1v) is 4.80. The maximum atomic E-state index is 11.0. The molecule has 0 aliphatic carbocycles. The summed E-state index contributed by atoms with van der Waals surface area (Å²) in [6.45, 7) is 0. The van der Waals surface area contributed by atoms with Gasteiger partial charge < -0.3 is 10.5 Å². The molecule has 0 radical (unpaired) electrons. The van der Waals surface area contributed by atoms with E-state index in [1.807, 2.05) is 0 Å². The number of carbonyl (C=O) groups is 1. The van der Waals surface area contributed by atoms with Gasteiger partial charge in [-0.3, -0.25) is 0 Å². The van der Waals surface area contributed by atoms with Gasteiger partial charge in [-0.05, 0) is 23.8 Å². The number of halogens is 2. The van der Waals surface area contributed by atoms with E-state index in [2.05, 4.69) is 4.74 Å². The Hall–Kier alpha value is -1.19. The molecule has 1 aromatic rings. The van der Waals surface area contributed by atoms with E-state index in [1.54, 1.807) is 18.2 Å². The van der Waals surface area contributed by atoms with Crippen molar-refractivity contribution in [3.05, 3.63) is 39.5 Å². The van der Waals surface area contributed by atoms with Gasteiger partial charge >= 0.3 is 5.97 Å². The number of nitrogens with two attached hydrogens (primary N) is 1. The van der Waals surface area contributed by atoms with E-state index < -0.39 is 5.97 Å². The van der Waals surface area contributed by atoms with Crippen molar-refractivity contribution in [3.63, 3.8) is 0 Å². The van der Waals surface area contributed by atoms with Crippen LogP contribution in [0, 0.1) is 0 Å². The zero-order valence-electron chi connectivity index (χ0n) is 7.96. The molecule has 0 aliphatic heterocycles. The normalized spacial score (nSPS) is 11.3.